The zero-order chi connectivity index (χ0) is 22.1. The molecule has 8 nitrogen and oxygen atoms in total. The number of ether oxygens (including phenoxy) is 2. The van der Waals surface area contributed by atoms with Crippen molar-refractivity contribution in [1.29, 1.82) is 0 Å². The van der Waals surface area contributed by atoms with Gasteiger partial charge in [0.05, 0.1) is 24.8 Å². The maximum atomic E-state index is 13.1. The van der Waals surface area contributed by atoms with Crippen molar-refractivity contribution in [3.05, 3.63) is 35.8 Å². The van der Waals surface area contributed by atoms with Gasteiger partial charge in [-0.15, -0.1) is 0 Å². The molecule has 1 amide bonds. The molecule has 3 N–H and O–H groups in total. The minimum absolute atomic E-state index is 0.0924. The zero-order valence-electron chi connectivity index (χ0n) is 18.5. The van der Waals surface area contributed by atoms with E-state index in [0.29, 0.717) is 29.3 Å². The first-order valence-corrected chi connectivity index (χ1v) is 11.3. The Kier molecular flexibility index (Phi) is 5.70. The largest absolute Gasteiger partial charge is 0.497 e. The number of hydrogen-bond donors (Lipinski definition) is 3. The SMILES string of the molecule is COc1ccc(-c2ncnc3c(C(=O)NC4CCNCC4)c(C)[nH]c23)c(OCC2CC2)c1. The summed E-state index contributed by atoms with van der Waals surface area (Å²) < 4.78 is 11.6. The number of nitrogens with zero attached hydrogens (tertiary/aromatic N) is 2. The third kappa shape index (κ3) is 4.14. The third-order valence-electron chi connectivity index (χ3n) is 6.29. The van der Waals surface area contributed by atoms with Crippen molar-refractivity contribution in [1.82, 2.24) is 25.6 Å². The van der Waals surface area contributed by atoms with Crippen molar-refractivity contribution in [2.45, 2.75) is 38.6 Å². The normalized spacial score (nSPS) is 16.8. The van der Waals surface area contributed by atoms with E-state index >= 15 is 0 Å². The zero-order valence-corrected chi connectivity index (χ0v) is 18.5. The number of carbonyl (C=O) groups is 1. The second kappa shape index (κ2) is 8.78. The highest BCUT2D eigenvalue weighted by Crippen LogP contribution is 2.38. The van der Waals surface area contributed by atoms with Crippen LogP contribution in [0.25, 0.3) is 22.3 Å². The lowest BCUT2D eigenvalue weighted by Crippen LogP contribution is -2.42. The van der Waals surface area contributed by atoms with E-state index in [1.54, 1.807) is 7.11 Å². The Bertz CT molecular complexity index is 1130. The van der Waals surface area contributed by atoms with E-state index in [9.17, 15) is 4.79 Å². The molecule has 1 saturated heterocycles. The van der Waals surface area contributed by atoms with Crippen LogP contribution >= 0.6 is 0 Å². The van der Waals surface area contributed by atoms with E-state index < -0.39 is 0 Å². The molecule has 2 aliphatic rings. The number of amides is 1. The first-order valence-electron chi connectivity index (χ1n) is 11.3. The maximum Gasteiger partial charge on any atom is 0.255 e. The average molecular weight is 436 g/mol. The monoisotopic (exact) mass is 435 g/mol. The number of aromatic nitrogens is 3. The lowest BCUT2D eigenvalue weighted by Gasteiger charge is -2.23. The van der Waals surface area contributed by atoms with Gasteiger partial charge in [0.2, 0.25) is 0 Å². The smallest absolute Gasteiger partial charge is 0.255 e. The predicted octanol–water partition coefficient (Wildman–Crippen LogP) is 3.21. The Hall–Kier alpha value is -3.13. The second-order valence-corrected chi connectivity index (χ2v) is 8.69. The summed E-state index contributed by atoms with van der Waals surface area (Å²) in [6.45, 7) is 4.43. The van der Waals surface area contributed by atoms with Gasteiger partial charge in [-0.3, -0.25) is 4.79 Å². The Morgan fingerprint density at radius 1 is 1.19 bits per heavy atom. The van der Waals surface area contributed by atoms with Gasteiger partial charge in [0.1, 0.15) is 29.0 Å². The molecule has 1 aliphatic carbocycles. The molecule has 0 radical (unpaired) electrons. The highest BCUT2D eigenvalue weighted by Gasteiger charge is 2.26. The Balaban J connectivity index is 1.51. The number of nitrogens with one attached hydrogen (secondary N) is 3. The van der Waals surface area contributed by atoms with Crippen LogP contribution in [0.15, 0.2) is 24.5 Å². The minimum Gasteiger partial charge on any atom is -0.497 e. The number of hydrogen-bond acceptors (Lipinski definition) is 6. The summed E-state index contributed by atoms with van der Waals surface area (Å²) in [7, 11) is 1.64. The van der Waals surface area contributed by atoms with E-state index in [2.05, 4.69) is 25.6 Å². The Labute approximate surface area is 187 Å². The maximum absolute atomic E-state index is 13.1. The molecule has 0 bridgehead atoms. The number of aryl methyl sites for hydroxylation is 1. The first kappa shape index (κ1) is 20.8. The van der Waals surface area contributed by atoms with Gasteiger partial charge >= 0.3 is 0 Å². The topological polar surface area (TPSA) is 101 Å². The van der Waals surface area contributed by atoms with Gasteiger partial charge in [-0.25, -0.2) is 9.97 Å². The molecule has 32 heavy (non-hydrogen) atoms. The van der Waals surface area contributed by atoms with Crippen molar-refractivity contribution in [2.75, 3.05) is 26.8 Å². The lowest BCUT2D eigenvalue weighted by molar-refractivity contribution is 0.0930. The van der Waals surface area contributed by atoms with Crippen LogP contribution in [-0.4, -0.2) is 53.7 Å². The molecule has 0 spiro atoms. The van der Waals surface area contributed by atoms with Crippen LogP contribution in [0.2, 0.25) is 0 Å². The van der Waals surface area contributed by atoms with Crippen LogP contribution in [0.1, 0.15) is 41.7 Å². The summed E-state index contributed by atoms with van der Waals surface area (Å²) in [4.78, 5) is 25.5. The van der Waals surface area contributed by atoms with E-state index in [-0.39, 0.29) is 11.9 Å². The number of aromatic amines is 1. The summed E-state index contributed by atoms with van der Waals surface area (Å²) >= 11 is 0. The number of benzene rings is 1. The quantitative estimate of drug-likeness (QED) is 0.527. The molecule has 168 valence electrons. The van der Waals surface area contributed by atoms with Crippen molar-refractivity contribution < 1.29 is 14.3 Å². The third-order valence-corrected chi connectivity index (χ3v) is 6.29. The highest BCUT2D eigenvalue weighted by molar-refractivity contribution is 6.09. The molecule has 5 rings (SSSR count). The summed E-state index contributed by atoms with van der Waals surface area (Å²) in [5.41, 5.74) is 4.29. The van der Waals surface area contributed by atoms with Crippen molar-refractivity contribution in [3.8, 4) is 22.8 Å². The molecular formula is C24H29N5O3. The fourth-order valence-corrected chi connectivity index (χ4v) is 4.26. The van der Waals surface area contributed by atoms with Crippen LogP contribution in [-0.2, 0) is 0 Å². The van der Waals surface area contributed by atoms with Crippen LogP contribution in [0.4, 0.5) is 0 Å². The Morgan fingerprint density at radius 2 is 2.00 bits per heavy atom. The van der Waals surface area contributed by atoms with E-state index in [1.165, 1.54) is 19.2 Å². The molecule has 8 heteroatoms. The molecule has 2 fully saturated rings. The fraction of sp³-hybridized carbons (Fsp3) is 0.458. The molecule has 0 atom stereocenters. The minimum atomic E-state index is -0.0924. The van der Waals surface area contributed by atoms with Gasteiger partial charge in [0, 0.05) is 23.4 Å². The number of rotatable bonds is 7. The van der Waals surface area contributed by atoms with E-state index in [4.69, 9.17) is 9.47 Å². The van der Waals surface area contributed by atoms with Gasteiger partial charge in [0.15, 0.2) is 0 Å². The highest BCUT2D eigenvalue weighted by atomic mass is 16.5. The van der Waals surface area contributed by atoms with Crippen LogP contribution in [0.5, 0.6) is 11.5 Å². The molecule has 1 aromatic carbocycles. The summed E-state index contributed by atoms with van der Waals surface area (Å²) in [5.74, 6) is 1.99. The summed E-state index contributed by atoms with van der Waals surface area (Å²) in [5, 5.41) is 6.50. The molecule has 3 aromatic rings. The van der Waals surface area contributed by atoms with Crippen molar-refractivity contribution >= 4 is 16.9 Å². The number of methoxy groups -OCH3 is 1. The standard InChI is InChI=1S/C24H29N5O3/c1-14-20(24(30)29-16-7-9-25-10-8-16)22-23(28-14)21(26-13-27-22)18-6-5-17(31-2)11-19(18)32-12-15-3-4-15/h5-6,11,13,15-16,25,28H,3-4,7-10,12H2,1-2H3,(H,29,30). The summed E-state index contributed by atoms with van der Waals surface area (Å²) in [6.07, 6.45) is 5.80. The lowest BCUT2D eigenvalue weighted by atomic mass is 10.1. The summed E-state index contributed by atoms with van der Waals surface area (Å²) in [6, 6.07) is 5.92. The number of H-pyrrole nitrogens is 1. The van der Waals surface area contributed by atoms with E-state index in [0.717, 1.165) is 54.2 Å². The van der Waals surface area contributed by atoms with Crippen LogP contribution < -0.4 is 20.1 Å². The predicted molar refractivity (Wildman–Crippen MR) is 122 cm³/mol. The van der Waals surface area contributed by atoms with Gasteiger partial charge in [-0.2, -0.15) is 0 Å². The fourth-order valence-electron chi connectivity index (χ4n) is 4.26. The van der Waals surface area contributed by atoms with Gasteiger partial charge in [0.25, 0.3) is 5.91 Å². The average Bonchev–Trinajstić information content (AvgIpc) is 3.58. The van der Waals surface area contributed by atoms with Crippen LogP contribution in [0.3, 0.4) is 0 Å². The van der Waals surface area contributed by atoms with Crippen LogP contribution in [0, 0.1) is 12.8 Å². The molecule has 1 saturated carbocycles. The molecule has 0 unspecified atom stereocenters. The molecule has 3 heterocycles. The van der Waals surface area contributed by atoms with Gasteiger partial charge < -0.3 is 25.1 Å². The second-order valence-electron chi connectivity index (χ2n) is 8.69. The molecule has 1 aliphatic heterocycles. The molecular weight excluding hydrogens is 406 g/mol. The number of piperidine rings is 1. The Morgan fingerprint density at radius 3 is 2.75 bits per heavy atom. The van der Waals surface area contributed by atoms with Crippen molar-refractivity contribution in [3.63, 3.8) is 0 Å². The van der Waals surface area contributed by atoms with Gasteiger partial charge in [-0.1, -0.05) is 0 Å². The first-order chi connectivity index (χ1) is 15.6. The number of fused-ring (bicyclic) bond motifs is 1. The molecule has 2 aromatic heterocycles. The van der Waals surface area contributed by atoms with Gasteiger partial charge in [-0.05, 0) is 63.7 Å². The van der Waals surface area contributed by atoms with Crippen molar-refractivity contribution in [2.24, 2.45) is 5.92 Å². The van der Waals surface area contributed by atoms with E-state index in [1.807, 2.05) is 25.1 Å². The number of carbonyl (C=O) groups excluding carboxylic acids is 1.